The Labute approximate surface area is 244 Å². The topological polar surface area (TPSA) is 101 Å². The molecule has 40 heavy (non-hydrogen) atoms. The van der Waals surface area contributed by atoms with E-state index in [4.69, 9.17) is 16.3 Å². The molecule has 7 nitrogen and oxygen atoms in total. The molecule has 0 unspecified atom stereocenters. The summed E-state index contributed by atoms with van der Waals surface area (Å²) in [5, 5.41) is 11.7. The molecule has 2 aromatic carbocycles. The van der Waals surface area contributed by atoms with Gasteiger partial charge in [-0.15, -0.1) is 0 Å². The van der Waals surface area contributed by atoms with Crippen molar-refractivity contribution in [3.8, 4) is 11.5 Å². The lowest BCUT2D eigenvalue weighted by Crippen LogP contribution is -2.39. The lowest BCUT2D eigenvalue weighted by atomic mass is 9.59. The van der Waals surface area contributed by atoms with E-state index in [2.05, 4.69) is 15.9 Å². The van der Waals surface area contributed by atoms with Gasteiger partial charge in [0.15, 0.2) is 23.1 Å². The summed E-state index contributed by atoms with van der Waals surface area (Å²) in [5.74, 6) is -3.82. The Bertz CT molecular complexity index is 1620. The molecule has 0 radical (unpaired) electrons. The Balaban J connectivity index is 1.50. The second-order valence-electron chi connectivity index (χ2n) is 10.5. The first-order valence-corrected chi connectivity index (χ1v) is 14.3. The van der Waals surface area contributed by atoms with Crippen LogP contribution in [0.5, 0.6) is 11.5 Å². The number of fused-ring (bicyclic) bond motifs is 3. The number of aromatic hydroxyl groups is 1. The number of Topliss-reactive ketones (excluding diaryl/α,β-unsaturated/α-hetero) is 1. The van der Waals surface area contributed by atoms with Gasteiger partial charge >= 0.3 is 0 Å². The summed E-state index contributed by atoms with van der Waals surface area (Å²) in [4.78, 5) is 55.6. The molecular formula is C31H25BrClNO6. The van der Waals surface area contributed by atoms with Crippen LogP contribution in [0.3, 0.4) is 0 Å². The molecule has 3 aliphatic carbocycles. The molecule has 2 aromatic rings. The maximum Gasteiger partial charge on any atom is 0.238 e. The Kier molecular flexibility index (Phi) is 6.58. The maximum atomic E-state index is 14.0. The fourth-order valence-electron chi connectivity index (χ4n) is 6.58. The summed E-state index contributed by atoms with van der Waals surface area (Å²) >= 11 is 9.56. The van der Waals surface area contributed by atoms with Gasteiger partial charge in [-0.1, -0.05) is 41.4 Å². The second-order valence-corrected chi connectivity index (χ2v) is 11.7. The SMILES string of the molecule is CCOc1cccc([C@H]2C3=CC[C@@H]4C(=O)N(c5ccc(C)c(Cl)c5)C(=O)[C@@H]4[C@@H]3CC3=C2C(=O)C=C(Br)C3=O)c1O. The average molecular weight is 623 g/mol. The summed E-state index contributed by atoms with van der Waals surface area (Å²) in [7, 11) is 0. The minimum Gasteiger partial charge on any atom is -0.504 e. The molecule has 4 atom stereocenters. The third-order valence-electron chi connectivity index (χ3n) is 8.39. The first kappa shape index (κ1) is 26.7. The van der Waals surface area contributed by atoms with Crippen molar-refractivity contribution in [1.29, 1.82) is 0 Å². The molecule has 0 spiro atoms. The van der Waals surface area contributed by atoms with E-state index in [1.54, 1.807) is 43.3 Å². The number of carbonyl (C=O) groups is 4. The smallest absolute Gasteiger partial charge is 0.238 e. The summed E-state index contributed by atoms with van der Waals surface area (Å²) in [6.07, 6.45) is 3.61. The number of hydrogen-bond donors (Lipinski definition) is 1. The number of nitrogens with zero attached hydrogens (tertiary/aromatic N) is 1. The molecule has 6 rings (SSSR count). The van der Waals surface area contributed by atoms with Crippen LogP contribution < -0.4 is 9.64 Å². The number of hydrogen-bond acceptors (Lipinski definition) is 6. The largest absolute Gasteiger partial charge is 0.504 e. The monoisotopic (exact) mass is 621 g/mol. The van der Waals surface area contributed by atoms with E-state index in [9.17, 15) is 24.3 Å². The molecule has 9 heteroatoms. The number of aryl methyl sites for hydroxylation is 1. The number of halogens is 2. The molecule has 0 saturated carbocycles. The van der Waals surface area contributed by atoms with Crippen LogP contribution in [0.4, 0.5) is 5.69 Å². The third kappa shape index (κ3) is 3.91. The van der Waals surface area contributed by atoms with E-state index in [1.807, 2.05) is 13.0 Å². The highest BCUT2D eigenvalue weighted by Gasteiger charge is 2.57. The lowest BCUT2D eigenvalue weighted by molar-refractivity contribution is -0.123. The predicted molar refractivity (Wildman–Crippen MR) is 153 cm³/mol. The highest BCUT2D eigenvalue weighted by molar-refractivity contribution is 9.12. The van der Waals surface area contributed by atoms with Crippen molar-refractivity contribution in [3.63, 3.8) is 0 Å². The Morgan fingerprint density at radius 3 is 2.60 bits per heavy atom. The first-order valence-electron chi connectivity index (χ1n) is 13.1. The zero-order valence-electron chi connectivity index (χ0n) is 21.7. The van der Waals surface area contributed by atoms with Crippen LogP contribution in [0, 0.1) is 24.7 Å². The quantitative estimate of drug-likeness (QED) is 0.266. The Morgan fingerprint density at radius 1 is 1.10 bits per heavy atom. The second kappa shape index (κ2) is 9.85. The number of allylic oxidation sites excluding steroid dienone is 6. The zero-order chi connectivity index (χ0) is 28.5. The highest BCUT2D eigenvalue weighted by atomic mass is 79.9. The summed E-state index contributed by atoms with van der Waals surface area (Å²) in [5.41, 5.74) is 2.99. The number of benzene rings is 2. The van der Waals surface area contributed by atoms with Gasteiger partial charge in [-0.3, -0.25) is 19.2 Å². The van der Waals surface area contributed by atoms with Crippen molar-refractivity contribution >= 4 is 56.6 Å². The Hall–Kier alpha value is -3.49. The van der Waals surface area contributed by atoms with E-state index in [0.29, 0.717) is 34.9 Å². The number of phenolic OH excluding ortho intramolecular Hbond substituents is 1. The van der Waals surface area contributed by atoms with Crippen LogP contribution >= 0.6 is 27.5 Å². The van der Waals surface area contributed by atoms with Gasteiger partial charge in [0.2, 0.25) is 11.8 Å². The van der Waals surface area contributed by atoms with E-state index in [-0.39, 0.29) is 51.4 Å². The summed E-state index contributed by atoms with van der Waals surface area (Å²) in [6.45, 7) is 3.97. The number of anilines is 1. The molecule has 1 aliphatic heterocycles. The molecular weight excluding hydrogens is 598 g/mol. The normalized spacial score (nSPS) is 25.9. The molecule has 204 valence electrons. The van der Waals surface area contributed by atoms with Gasteiger partial charge in [-0.05, 0) is 72.3 Å². The van der Waals surface area contributed by atoms with Crippen LogP contribution in [0.2, 0.25) is 5.02 Å². The molecule has 1 N–H and O–H groups in total. The average Bonchev–Trinajstić information content (AvgIpc) is 3.19. The van der Waals surface area contributed by atoms with E-state index >= 15 is 0 Å². The third-order valence-corrected chi connectivity index (χ3v) is 9.38. The predicted octanol–water partition coefficient (Wildman–Crippen LogP) is 5.72. The fraction of sp³-hybridized carbons (Fsp3) is 0.290. The standard InChI is InChI=1S/C31H25BrClNO6/c1-3-40-24-6-4-5-17(29(24)37)25-16-9-10-18-26(19(16)12-20-27(25)23(35)13-21(32)28(20)36)31(39)34(30(18)38)15-8-7-14(2)22(33)11-15/h4-9,11,13,18-19,25-26,37H,3,10,12H2,1-2H3/t18-,19+,25+,26-/m0/s1. The summed E-state index contributed by atoms with van der Waals surface area (Å²) in [6, 6.07) is 10.2. The van der Waals surface area contributed by atoms with Gasteiger partial charge in [0.05, 0.1) is 28.6 Å². The van der Waals surface area contributed by atoms with Gasteiger partial charge in [0.25, 0.3) is 0 Å². The molecule has 1 fully saturated rings. The van der Waals surface area contributed by atoms with E-state index < -0.39 is 23.7 Å². The number of phenols is 1. The first-order chi connectivity index (χ1) is 19.1. The van der Waals surface area contributed by atoms with Crippen LogP contribution in [0.15, 0.2) is 69.8 Å². The molecule has 2 amide bonds. The van der Waals surface area contributed by atoms with Crippen molar-refractivity contribution in [2.75, 3.05) is 11.5 Å². The van der Waals surface area contributed by atoms with E-state index in [1.165, 1.54) is 11.0 Å². The van der Waals surface area contributed by atoms with Gasteiger partial charge < -0.3 is 9.84 Å². The van der Waals surface area contributed by atoms with Crippen LogP contribution in [-0.4, -0.2) is 35.1 Å². The Morgan fingerprint density at radius 2 is 1.88 bits per heavy atom. The maximum absolute atomic E-state index is 14.0. The number of imide groups is 1. The van der Waals surface area contributed by atoms with Crippen molar-refractivity contribution < 1.29 is 29.0 Å². The zero-order valence-corrected chi connectivity index (χ0v) is 24.1. The number of ketones is 2. The lowest BCUT2D eigenvalue weighted by Gasteiger charge is -2.42. The number of amides is 2. The number of carbonyl (C=O) groups excluding carboxylic acids is 4. The van der Waals surface area contributed by atoms with Crippen LogP contribution in [-0.2, 0) is 19.2 Å². The van der Waals surface area contributed by atoms with Crippen LogP contribution in [0.25, 0.3) is 0 Å². The molecule has 4 aliphatic rings. The van der Waals surface area contributed by atoms with E-state index in [0.717, 1.165) is 11.1 Å². The molecule has 0 bridgehead atoms. The van der Waals surface area contributed by atoms with Crippen LogP contribution in [0.1, 0.15) is 36.8 Å². The molecule has 0 aromatic heterocycles. The minimum atomic E-state index is -0.769. The number of rotatable bonds is 4. The van der Waals surface area contributed by atoms with Crippen molar-refractivity contribution in [1.82, 2.24) is 0 Å². The minimum absolute atomic E-state index is 0.122. The number of para-hydroxylation sites is 1. The van der Waals surface area contributed by atoms with Crippen molar-refractivity contribution in [3.05, 3.63) is 85.9 Å². The van der Waals surface area contributed by atoms with Gasteiger partial charge in [0.1, 0.15) is 0 Å². The van der Waals surface area contributed by atoms with Crippen molar-refractivity contribution in [2.45, 2.75) is 32.6 Å². The van der Waals surface area contributed by atoms with Gasteiger partial charge in [-0.2, -0.15) is 0 Å². The van der Waals surface area contributed by atoms with Gasteiger partial charge in [0, 0.05) is 33.7 Å². The summed E-state index contributed by atoms with van der Waals surface area (Å²) < 4.78 is 5.76. The number of ether oxygens (including phenoxy) is 1. The fourth-order valence-corrected chi connectivity index (χ4v) is 7.20. The van der Waals surface area contributed by atoms with Gasteiger partial charge in [-0.25, -0.2) is 4.90 Å². The highest BCUT2D eigenvalue weighted by Crippen LogP contribution is 2.57. The molecule has 1 heterocycles. The van der Waals surface area contributed by atoms with Crippen molar-refractivity contribution in [2.24, 2.45) is 17.8 Å². The molecule has 1 saturated heterocycles.